The van der Waals surface area contributed by atoms with E-state index in [4.69, 9.17) is 0 Å². The van der Waals surface area contributed by atoms with Crippen molar-refractivity contribution < 1.29 is 9.59 Å². The summed E-state index contributed by atoms with van der Waals surface area (Å²) in [6, 6.07) is 3.80. The number of carbonyl (C=O) groups is 2. The van der Waals surface area contributed by atoms with Gasteiger partial charge in [0, 0.05) is 38.4 Å². The van der Waals surface area contributed by atoms with Crippen molar-refractivity contribution in [2.75, 3.05) is 13.1 Å². The molecule has 0 bridgehead atoms. The molecule has 1 aromatic rings. The number of hydrogen-bond acceptors (Lipinski definition) is 3. The van der Waals surface area contributed by atoms with Crippen LogP contribution < -0.4 is 5.32 Å². The molecule has 0 radical (unpaired) electrons. The summed E-state index contributed by atoms with van der Waals surface area (Å²) in [5.41, 5.74) is 0.546. The topological polar surface area (TPSA) is 62.3 Å². The lowest BCUT2D eigenvalue weighted by Crippen LogP contribution is -2.44. The Hall–Kier alpha value is -1.91. The lowest BCUT2D eigenvalue weighted by molar-refractivity contribution is -0.131. The minimum absolute atomic E-state index is 0.0949. The number of aromatic nitrogens is 1. The van der Waals surface area contributed by atoms with Gasteiger partial charge in [0.25, 0.3) is 5.91 Å². The molecule has 5 nitrogen and oxygen atoms in total. The molecule has 0 aliphatic heterocycles. The summed E-state index contributed by atoms with van der Waals surface area (Å²) in [6.45, 7) is 2.66. The van der Waals surface area contributed by atoms with Crippen LogP contribution in [0.3, 0.4) is 0 Å². The quantitative estimate of drug-likeness (QED) is 0.901. The van der Waals surface area contributed by atoms with Gasteiger partial charge in [0.15, 0.2) is 0 Å². The standard InChI is InChI=1S/C16H23N3O2/c1-13(20)19(15-7-3-2-4-8-15)11-10-18-16(21)14-6-5-9-17-12-14/h5-6,9,12,15H,2-4,7-8,10-11H2,1H3,(H,18,21). The second-order valence-electron chi connectivity index (χ2n) is 5.50. The van der Waals surface area contributed by atoms with Crippen LogP contribution in [-0.2, 0) is 4.79 Å². The van der Waals surface area contributed by atoms with Crippen LogP contribution in [0.1, 0.15) is 49.4 Å². The van der Waals surface area contributed by atoms with E-state index in [0.29, 0.717) is 24.7 Å². The Morgan fingerprint density at radius 2 is 2.10 bits per heavy atom. The highest BCUT2D eigenvalue weighted by molar-refractivity contribution is 5.93. The number of amides is 2. The smallest absolute Gasteiger partial charge is 0.252 e. The van der Waals surface area contributed by atoms with E-state index >= 15 is 0 Å². The molecule has 1 aliphatic carbocycles. The molecule has 5 heteroatoms. The maximum Gasteiger partial charge on any atom is 0.252 e. The van der Waals surface area contributed by atoms with Gasteiger partial charge in [0.05, 0.1) is 5.56 Å². The van der Waals surface area contributed by atoms with E-state index in [0.717, 1.165) is 12.8 Å². The zero-order chi connectivity index (χ0) is 15.1. The summed E-state index contributed by atoms with van der Waals surface area (Å²) in [4.78, 5) is 29.5. The molecule has 2 rings (SSSR count). The van der Waals surface area contributed by atoms with Crippen molar-refractivity contribution in [3.8, 4) is 0 Å². The summed E-state index contributed by atoms with van der Waals surface area (Å²) >= 11 is 0. The van der Waals surface area contributed by atoms with Crippen LogP contribution >= 0.6 is 0 Å². The van der Waals surface area contributed by atoms with Gasteiger partial charge in [-0.25, -0.2) is 0 Å². The molecule has 0 saturated heterocycles. The van der Waals surface area contributed by atoms with Crippen molar-refractivity contribution in [3.05, 3.63) is 30.1 Å². The predicted molar refractivity (Wildman–Crippen MR) is 80.8 cm³/mol. The molecule has 2 amide bonds. The maximum atomic E-state index is 11.9. The summed E-state index contributed by atoms with van der Waals surface area (Å²) < 4.78 is 0. The molecule has 1 fully saturated rings. The number of rotatable bonds is 5. The van der Waals surface area contributed by atoms with Crippen LogP contribution in [0.15, 0.2) is 24.5 Å². The van der Waals surface area contributed by atoms with E-state index in [1.54, 1.807) is 31.5 Å². The number of nitrogens with zero attached hydrogens (tertiary/aromatic N) is 2. The molecule has 1 heterocycles. The molecule has 0 aromatic carbocycles. The van der Waals surface area contributed by atoms with E-state index in [9.17, 15) is 9.59 Å². The monoisotopic (exact) mass is 289 g/mol. The number of nitrogens with one attached hydrogen (secondary N) is 1. The van der Waals surface area contributed by atoms with Gasteiger partial charge < -0.3 is 10.2 Å². The van der Waals surface area contributed by atoms with Crippen molar-refractivity contribution in [1.29, 1.82) is 0 Å². The van der Waals surface area contributed by atoms with Gasteiger partial charge in [-0.05, 0) is 25.0 Å². The Morgan fingerprint density at radius 3 is 2.71 bits per heavy atom. The van der Waals surface area contributed by atoms with Crippen LogP contribution in [0.2, 0.25) is 0 Å². The molecule has 0 atom stereocenters. The SMILES string of the molecule is CC(=O)N(CCNC(=O)c1cccnc1)C1CCCCC1. The minimum Gasteiger partial charge on any atom is -0.350 e. The maximum absolute atomic E-state index is 11.9. The summed E-state index contributed by atoms with van der Waals surface area (Å²) in [5.74, 6) is -0.0484. The van der Waals surface area contributed by atoms with Crippen molar-refractivity contribution in [2.24, 2.45) is 0 Å². The van der Waals surface area contributed by atoms with Crippen LogP contribution in [0.4, 0.5) is 0 Å². The third-order valence-electron chi connectivity index (χ3n) is 3.98. The van der Waals surface area contributed by atoms with E-state index in [-0.39, 0.29) is 11.8 Å². The average molecular weight is 289 g/mol. The highest BCUT2D eigenvalue weighted by Gasteiger charge is 2.22. The van der Waals surface area contributed by atoms with E-state index in [1.165, 1.54) is 19.3 Å². The van der Waals surface area contributed by atoms with Crippen LogP contribution in [-0.4, -0.2) is 40.8 Å². The van der Waals surface area contributed by atoms with Gasteiger partial charge in [-0.3, -0.25) is 14.6 Å². The Morgan fingerprint density at radius 1 is 1.33 bits per heavy atom. The average Bonchev–Trinajstić information content (AvgIpc) is 2.52. The number of pyridine rings is 1. The Labute approximate surface area is 125 Å². The van der Waals surface area contributed by atoms with Gasteiger partial charge >= 0.3 is 0 Å². The van der Waals surface area contributed by atoms with Crippen LogP contribution in [0.5, 0.6) is 0 Å². The van der Waals surface area contributed by atoms with Gasteiger partial charge in [-0.15, -0.1) is 0 Å². The molecule has 21 heavy (non-hydrogen) atoms. The highest BCUT2D eigenvalue weighted by Crippen LogP contribution is 2.22. The second kappa shape index (κ2) is 7.76. The van der Waals surface area contributed by atoms with Gasteiger partial charge in [-0.1, -0.05) is 19.3 Å². The van der Waals surface area contributed by atoms with Crippen LogP contribution in [0.25, 0.3) is 0 Å². The van der Waals surface area contributed by atoms with E-state index < -0.39 is 0 Å². The summed E-state index contributed by atoms with van der Waals surface area (Å²) in [7, 11) is 0. The molecule has 0 unspecified atom stereocenters. The molecular formula is C16H23N3O2. The zero-order valence-corrected chi connectivity index (χ0v) is 12.5. The Kier molecular flexibility index (Phi) is 5.72. The molecule has 1 aliphatic rings. The second-order valence-corrected chi connectivity index (χ2v) is 5.50. The molecule has 1 N–H and O–H groups in total. The fourth-order valence-electron chi connectivity index (χ4n) is 2.88. The fourth-order valence-corrected chi connectivity index (χ4v) is 2.88. The first-order valence-corrected chi connectivity index (χ1v) is 7.64. The lowest BCUT2D eigenvalue weighted by atomic mass is 9.94. The van der Waals surface area contributed by atoms with Crippen molar-refractivity contribution in [1.82, 2.24) is 15.2 Å². The first-order chi connectivity index (χ1) is 10.2. The van der Waals surface area contributed by atoms with E-state index in [1.807, 2.05) is 4.90 Å². The van der Waals surface area contributed by atoms with Crippen molar-refractivity contribution >= 4 is 11.8 Å². The molecule has 0 spiro atoms. The van der Waals surface area contributed by atoms with Crippen molar-refractivity contribution in [2.45, 2.75) is 45.1 Å². The van der Waals surface area contributed by atoms with Gasteiger partial charge in [0.1, 0.15) is 0 Å². The number of hydrogen-bond donors (Lipinski definition) is 1. The summed E-state index contributed by atoms with van der Waals surface area (Å²) in [6.07, 6.45) is 8.98. The number of carbonyl (C=O) groups excluding carboxylic acids is 2. The Balaban J connectivity index is 1.82. The van der Waals surface area contributed by atoms with Gasteiger partial charge in [0.2, 0.25) is 5.91 Å². The zero-order valence-electron chi connectivity index (χ0n) is 12.5. The largest absolute Gasteiger partial charge is 0.350 e. The van der Waals surface area contributed by atoms with E-state index in [2.05, 4.69) is 10.3 Å². The van der Waals surface area contributed by atoms with Crippen LogP contribution in [0, 0.1) is 0 Å². The summed E-state index contributed by atoms with van der Waals surface area (Å²) in [5, 5.41) is 2.85. The molecule has 1 saturated carbocycles. The predicted octanol–water partition coefficient (Wildman–Crippen LogP) is 1.99. The first-order valence-electron chi connectivity index (χ1n) is 7.64. The molecule has 114 valence electrons. The highest BCUT2D eigenvalue weighted by atomic mass is 16.2. The minimum atomic E-state index is -0.143. The third-order valence-corrected chi connectivity index (χ3v) is 3.98. The van der Waals surface area contributed by atoms with Gasteiger partial charge in [-0.2, -0.15) is 0 Å². The first kappa shape index (κ1) is 15.5. The Bertz CT molecular complexity index is 470. The normalized spacial score (nSPS) is 15.5. The third kappa shape index (κ3) is 4.55. The lowest BCUT2D eigenvalue weighted by Gasteiger charge is -2.33. The molecule has 1 aromatic heterocycles. The van der Waals surface area contributed by atoms with Crippen molar-refractivity contribution in [3.63, 3.8) is 0 Å². The molecular weight excluding hydrogens is 266 g/mol. The fraction of sp³-hybridized carbons (Fsp3) is 0.562.